The van der Waals surface area contributed by atoms with Crippen LogP contribution in [0.3, 0.4) is 0 Å². The fourth-order valence-electron chi connectivity index (χ4n) is 2.14. The van der Waals surface area contributed by atoms with Crippen LogP contribution in [0.5, 0.6) is 0 Å². The Labute approximate surface area is 116 Å². The van der Waals surface area contributed by atoms with E-state index in [0.717, 1.165) is 25.9 Å². The molecule has 4 heteroatoms. The minimum absolute atomic E-state index is 0.153. The summed E-state index contributed by atoms with van der Waals surface area (Å²) in [7, 11) is 1.84. The Kier molecular flexibility index (Phi) is 6.64. The van der Waals surface area contributed by atoms with Gasteiger partial charge in [0.05, 0.1) is 0 Å². The molecule has 1 aromatic heterocycles. The SMILES string of the molecule is CCCC(NCC)c1ccn(CC(=O)N(C)CC)c1. The molecule has 108 valence electrons. The standard InChI is InChI=1S/C15H27N3O/c1-5-8-14(16-6-2)13-9-10-18(11-13)12-15(19)17(4)7-3/h9-11,14,16H,5-8,12H2,1-4H3. The molecule has 0 aliphatic rings. The predicted molar refractivity (Wildman–Crippen MR) is 79.1 cm³/mol. The molecule has 19 heavy (non-hydrogen) atoms. The van der Waals surface area contributed by atoms with Gasteiger partial charge in [-0.3, -0.25) is 4.79 Å². The Bertz CT molecular complexity index is 380. The van der Waals surface area contributed by atoms with E-state index >= 15 is 0 Å². The number of hydrogen-bond acceptors (Lipinski definition) is 2. The van der Waals surface area contributed by atoms with E-state index in [1.807, 2.05) is 24.7 Å². The van der Waals surface area contributed by atoms with E-state index < -0.39 is 0 Å². The number of aromatic nitrogens is 1. The van der Waals surface area contributed by atoms with Gasteiger partial charge < -0.3 is 14.8 Å². The van der Waals surface area contributed by atoms with E-state index in [-0.39, 0.29) is 5.91 Å². The number of hydrogen-bond donors (Lipinski definition) is 1. The summed E-state index contributed by atoms with van der Waals surface area (Å²) in [6.07, 6.45) is 6.36. The molecule has 0 saturated heterocycles. The highest BCUT2D eigenvalue weighted by molar-refractivity contribution is 5.75. The molecular weight excluding hydrogens is 238 g/mol. The maximum Gasteiger partial charge on any atom is 0.242 e. The summed E-state index contributed by atoms with van der Waals surface area (Å²) < 4.78 is 1.98. The van der Waals surface area contributed by atoms with Gasteiger partial charge in [0, 0.05) is 32.0 Å². The largest absolute Gasteiger partial charge is 0.345 e. The molecule has 0 saturated carbocycles. The van der Waals surface area contributed by atoms with Crippen LogP contribution >= 0.6 is 0 Å². The van der Waals surface area contributed by atoms with Crippen LogP contribution < -0.4 is 5.32 Å². The molecule has 4 nitrogen and oxygen atoms in total. The fraction of sp³-hybridized carbons (Fsp3) is 0.667. The number of carbonyl (C=O) groups is 1. The van der Waals surface area contributed by atoms with Crippen molar-refractivity contribution in [3.63, 3.8) is 0 Å². The number of nitrogens with one attached hydrogen (secondary N) is 1. The Balaban J connectivity index is 2.67. The van der Waals surface area contributed by atoms with Crippen molar-refractivity contribution in [3.8, 4) is 0 Å². The summed E-state index contributed by atoms with van der Waals surface area (Å²) in [5.74, 6) is 0.153. The van der Waals surface area contributed by atoms with Crippen LogP contribution in [0.15, 0.2) is 18.5 Å². The lowest BCUT2D eigenvalue weighted by Gasteiger charge is -2.16. The molecule has 1 amide bonds. The highest BCUT2D eigenvalue weighted by Crippen LogP contribution is 2.18. The zero-order valence-corrected chi connectivity index (χ0v) is 12.6. The zero-order chi connectivity index (χ0) is 14.3. The van der Waals surface area contributed by atoms with E-state index in [2.05, 4.69) is 31.4 Å². The van der Waals surface area contributed by atoms with Gasteiger partial charge >= 0.3 is 0 Å². The van der Waals surface area contributed by atoms with Gasteiger partial charge in [0.1, 0.15) is 6.54 Å². The molecule has 1 aromatic rings. The topological polar surface area (TPSA) is 37.3 Å². The molecule has 1 unspecified atom stereocenters. The van der Waals surface area contributed by atoms with Gasteiger partial charge in [-0.2, -0.15) is 0 Å². The summed E-state index contributed by atoms with van der Waals surface area (Å²) >= 11 is 0. The normalized spacial score (nSPS) is 12.4. The van der Waals surface area contributed by atoms with Gasteiger partial charge in [0.25, 0.3) is 0 Å². The lowest BCUT2D eigenvalue weighted by atomic mass is 10.1. The molecular formula is C15H27N3O. The molecule has 0 bridgehead atoms. The quantitative estimate of drug-likeness (QED) is 0.784. The van der Waals surface area contributed by atoms with Gasteiger partial charge in [0.2, 0.25) is 5.91 Å². The Hall–Kier alpha value is -1.29. The predicted octanol–water partition coefficient (Wildman–Crippen LogP) is 2.42. The first-order valence-electron chi connectivity index (χ1n) is 7.25. The lowest BCUT2D eigenvalue weighted by Crippen LogP contribution is -2.29. The van der Waals surface area contributed by atoms with Crippen LogP contribution in [-0.4, -0.2) is 35.5 Å². The second-order valence-corrected chi connectivity index (χ2v) is 4.92. The number of rotatable bonds is 8. The lowest BCUT2D eigenvalue weighted by molar-refractivity contribution is -0.130. The molecule has 1 rings (SSSR count). The molecule has 0 aliphatic carbocycles. The first-order chi connectivity index (χ1) is 9.12. The molecule has 0 spiro atoms. The minimum atomic E-state index is 0.153. The molecule has 0 fully saturated rings. The monoisotopic (exact) mass is 265 g/mol. The third-order valence-corrected chi connectivity index (χ3v) is 3.42. The van der Waals surface area contributed by atoms with Crippen molar-refractivity contribution in [2.75, 3.05) is 20.1 Å². The summed E-state index contributed by atoms with van der Waals surface area (Å²) in [5, 5.41) is 3.49. The molecule has 0 radical (unpaired) electrons. The summed E-state index contributed by atoms with van der Waals surface area (Å²) in [6.45, 7) is 8.45. The van der Waals surface area contributed by atoms with Crippen molar-refractivity contribution in [2.45, 2.75) is 46.2 Å². The Morgan fingerprint density at radius 3 is 2.74 bits per heavy atom. The van der Waals surface area contributed by atoms with Crippen LogP contribution in [0.4, 0.5) is 0 Å². The van der Waals surface area contributed by atoms with Crippen molar-refractivity contribution in [1.29, 1.82) is 0 Å². The number of nitrogens with zero attached hydrogens (tertiary/aromatic N) is 2. The molecule has 1 heterocycles. The van der Waals surface area contributed by atoms with E-state index in [1.54, 1.807) is 4.90 Å². The van der Waals surface area contributed by atoms with Crippen molar-refractivity contribution < 1.29 is 4.79 Å². The third kappa shape index (κ3) is 4.71. The summed E-state index contributed by atoms with van der Waals surface area (Å²) in [5.41, 5.74) is 1.27. The average molecular weight is 265 g/mol. The van der Waals surface area contributed by atoms with Crippen molar-refractivity contribution in [1.82, 2.24) is 14.8 Å². The number of amides is 1. The van der Waals surface area contributed by atoms with Crippen LogP contribution in [0.2, 0.25) is 0 Å². The summed E-state index contributed by atoms with van der Waals surface area (Å²) in [6, 6.07) is 2.51. The molecule has 1 atom stereocenters. The van der Waals surface area contributed by atoms with Gasteiger partial charge in [-0.15, -0.1) is 0 Å². The van der Waals surface area contributed by atoms with Crippen molar-refractivity contribution in [3.05, 3.63) is 24.0 Å². The Morgan fingerprint density at radius 1 is 1.42 bits per heavy atom. The van der Waals surface area contributed by atoms with Gasteiger partial charge in [-0.1, -0.05) is 20.3 Å². The molecule has 0 aromatic carbocycles. The van der Waals surface area contributed by atoms with Crippen LogP contribution in [-0.2, 0) is 11.3 Å². The first-order valence-corrected chi connectivity index (χ1v) is 7.25. The van der Waals surface area contributed by atoms with Gasteiger partial charge in [-0.05, 0) is 31.5 Å². The van der Waals surface area contributed by atoms with Crippen LogP contribution in [0.1, 0.15) is 45.2 Å². The second kappa shape index (κ2) is 8.00. The van der Waals surface area contributed by atoms with Gasteiger partial charge in [0.15, 0.2) is 0 Å². The van der Waals surface area contributed by atoms with E-state index in [4.69, 9.17) is 0 Å². The second-order valence-electron chi connectivity index (χ2n) is 4.92. The molecule has 0 aliphatic heterocycles. The summed E-state index contributed by atoms with van der Waals surface area (Å²) in [4.78, 5) is 13.6. The molecule has 1 N–H and O–H groups in total. The van der Waals surface area contributed by atoms with Crippen LogP contribution in [0, 0.1) is 0 Å². The maximum atomic E-state index is 11.9. The van der Waals surface area contributed by atoms with Crippen molar-refractivity contribution in [2.24, 2.45) is 0 Å². The zero-order valence-electron chi connectivity index (χ0n) is 12.6. The van der Waals surface area contributed by atoms with Crippen molar-refractivity contribution >= 4 is 5.91 Å². The van der Waals surface area contributed by atoms with Crippen LogP contribution in [0.25, 0.3) is 0 Å². The first kappa shape index (κ1) is 15.8. The fourth-order valence-corrected chi connectivity index (χ4v) is 2.14. The van der Waals surface area contributed by atoms with Gasteiger partial charge in [-0.25, -0.2) is 0 Å². The third-order valence-electron chi connectivity index (χ3n) is 3.42. The van der Waals surface area contributed by atoms with E-state index in [1.165, 1.54) is 5.56 Å². The maximum absolute atomic E-state index is 11.9. The highest BCUT2D eigenvalue weighted by atomic mass is 16.2. The minimum Gasteiger partial charge on any atom is -0.345 e. The Morgan fingerprint density at radius 2 is 2.16 bits per heavy atom. The van der Waals surface area contributed by atoms with E-state index in [0.29, 0.717) is 12.6 Å². The van der Waals surface area contributed by atoms with E-state index in [9.17, 15) is 4.79 Å². The smallest absolute Gasteiger partial charge is 0.242 e. The number of likely N-dealkylation sites (N-methyl/N-ethyl adjacent to an activating group) is 1. The average Bonchev–Trinajstić information content (AvgIpc) is 2.85. The number of carbonyl (C=O) groups excluding carboxylic acids is 1. The highest BCUT2D eigenvalue weighted by Gasteiger charge is 2.12.